The molecule has 2 atom stereocenters. The van der Waals surface area contributed by atoms with Crippen LogP contribution in [0.4, 0.5) is 0 Å². The Morgan fingerprint density at radius 2 is 1.94 bits per heavy atom. The van der Waals surface area contributed by atoms with E-state index in [0.717, 1.165) is 5.56 Å². The van der Waals surface area contributed by atoms with Gasteiger partial charge in [0.2, 0.25) is 5.91 Å². The number of ether oxygens (including phenoxy) is 3. The number of methoxy groups -OCH3 is 1. The molecule has 9 heteroatoms. The zero-order valence-corrected chi connectivity index (χ0v) is 20.2. The van der Waals surface area contributed by atoms with E-state index in [4.69, 9.17) is 14.2 Å². The average molecular weight is 470 g/mol. The summed E-state index contributed by atoms with van der Waals surface area (Å²) >= 11 is 0. The van der Waals surface area contributed by atoms with Gasteiger partial charge in [-0.3, -0.25) is 9.59 Å². The van der Waals surface area contributed by atoms with Gasteiger partial charge in [-0.1, -0.05) is 6.07 Å². The smallest absolute Gasteiger partial charge is 0.356 e. The number of hydrogen-bond acceptors (Lipinski definition) is 7. The summed E-state index contributed by atoms with van der Waals surface area (Å²) < 4.78 is 16.8. The van der Waals surface area contributed by atoms with Crippen LogP contribution in [0.25, 0.3) is 0 Å². The van der Waals surface area contributed by atoms with Gasteiger partial charge in [0.1, 0.15) is 12.3 Å². The van der Waals surface area contributed by atoms with E-state index in [1.807, 2.05) is 32.0 Å². The van der Waals surface area contributed by atoms with Crippen molar-refractivity contribution in [2.24, 2.45) is 0 Å². The van der Waals surface area contributed by atoms with Crippen molar-refractivity contribution < 1.29 is 28.6 Å². The minimum atomic E-state index is -0.604. The Morgan fingerprint density at radius 1 is 1.18 bits per heavy atom. The molecule has 1 aliphatic heterocycles. The van der Waals surface area contributed by atoms with Crippen molar-refractivity contribution in [1.29, 1.82) is 0 Å². The normalized spacial score (nSPS) is 17.4. The molecule has 34 heavy (non-hydrogen) atoms. The number of pyridine rings is 1. The standard InChI is InChI=1S/C25H31N3O6/c1-15(2)34-23-11-17(7-9-22(23)32-5)19-10-20(28(13-19)16(3)29)14-33-25(31)21-8-6-18(12-27-21)24(30)26-4/h6-9,11-12,15,19-20H,10,13-14H2,1-5H3,(H,26,30)/t19-,20-/m1/s1. The van der Waals surface area contributed by atoms with E-state index in [9.17, 15) is 14.4 Å². The van der Waals surface area contributed by atoms with Gasteiger partial charge in [-0.15, -0.1) is 0 Å². The maximum absolute atomic E-state index is 12.5. The van der Waals surface area contributed by atoms with Crippen molar-refractivity contribution in [2.45, 2.75) is 45.3 Å². The highest BCUT2D eigenvalue weighted by molar-refractivity contribution is 5.94. The molecule has 3 rings (SSSR count). The van der Waals surface area contributed by atoms with Crippen molar-refractivity contribution in [2.75, 3.05) is 27.3 Å². The molecule has 1 aliphatic rings. The van der Waals surface area contributed by atoms with E-state index in [-0.39, 0.29) is 42.2 Å². The maximum atomic E-state index is 12.5. The van der Waals surface area contributed by atoms with Gasteiger partial charge in [-0.2, -0.15) is 0 Å². The molecule has 0 unspecified atom stereocenters. The number of nitrogens with one attached hydrogen (secondary N) is 1. The van der Waals surface area contributed by atoms with Crippen molar-refractivity contribution in [3.05, 3.63) is 53.3 Å². The van der Waals surface area contributed by atoms with E-state index in [1.54, 1.807) is 12.0 Å². The first-order chi connectivity index (χ1) is 16.2. The number of esters is 1. The number of hydrogen-bond donors (Lipinski definition) is 1. The van der Waals surface area contributed by atoms with Gasteiger partial charge in [-0.05, 0) is 50.1 Å². The maximum Gasteiger partial charge on any atom is 0.356 e. The van der Waals surface area contributed by atoms with Crippen LogP contribution in [0.5, 0.6) is 11.5 Å². The summed E-state index contributed by atoms with van der Waals surface area (Å²) in [5.41, 5.74) is 1.48. The molecule has 182 valence electrons. The van der Waals surface area contributed by atoms with Gasteiger partial charge in [0.25, 0.3) is 5.91 Å². The fourth-order valence-electron chi connectivity index (χ4n) is 4.03. The summed E-state index contributed by atoms with van der Waals surface area (Å²) in [7, 11) is 3.12. The van der Waals surface area contributed by atoms with Crippen molar-refractivity contribution in [3.63, 3.8) is 0 Å². The molecule has 9 nitrogen and oxygen atoms in total. The zero-order chi connectivity index (χ0) is 24.8. The number of carbonyl (C=O) groups is 3. The highest BCUT2D eigenvalue weighted by atomic mass is 16.5. The van der Waals surface area contributed by atoms with Gasteiger partial charge in [-0.25, -0.2) is 9.78 Å². The SMILES string of the molecule is CNC(=O)c1ccc(C(=O)OC[C@H]2C[C@@H](c3ccc(OC)c(OC(C)C)c3)CN2C(C)=O)nc1. The highest BCUT2D eigenvalue weighted by Crippen LogP contribution is 2.37. The summed E-state index contributed by atoms with van der Waals surface area (Å²) in [4.78, 5) is 42.1. The van der Waals surface area contributed by atoms with Crippen molar-refractivity contribution in [3.8, 4) is 11.5 Å². The molecule has 1 fully saturated rings. The Kier molecular flexibility index (Phi) is 8.09. The molecule has 1 saturated heterocycles. The van der Waals surface area contributed by atoms with E-state index < -0.39 is 5.97 Å². The van der Waals surface area contributed by atoms with Gasteiger partial charge in [0.15, 0.2) is 11.5 Å². The fourth-order valence-corrected chi connectivity index (χ4v) is 4.03. The van der Waals surface area contributed by atoms with Crippen LogP contribution in [0.3, 0.4) is 0 Å². The van der Waals surface area contributed by atoms with Crippen LogP contribution in [-0.4, -0.2) is 67.1 Å². The number of amides is 2. The second-order valence-corrected chi connectivity index (χ2v) is 8.44. The lowest BCUT2D eigenvalue weighted by atomic mass is 9.96. The molecule has 1 N–H and O–H groups in total. The minimum absolute atomic E-state index is 0.00682. The number of carbonyl (C=O) groups excluding carboxylic acids is 3. The summed E-state index contributed by atoms with van der Waals surface area (Å²) in [6.07, 6.45) is 1.96. The second-order valence-electron chi connectivity index (χ2n) is 8.44. The highest BCUT2D eigenvalue weighted by Gasteiger charge is 2.36. The lowest BCUT2D eigenvalue weighted by Gasteiger charge is -2.22. The quantitative estimate of drug-likeness (QED) is 0.593. The molecule has 0 aliphatic carbocycles. The molecule has 1 aromatic heterocycles. The first-order valence-corrected chi connectivity index (χ1v) is 11.2. The molecule has 1 aromatic carbocycles. The van der Waals surface area contributed by atoms with Crippen LogP contribution in [0.1, 0.15) is 59.5 Å². The van der Waals surface area contributed by atoms with Gasteiger partial charge in [0, 0.05) is 32.6 Å². The predicted octanol–water partition coefficient (Wildman–Crippen LogP) is 2.80. The number of nitrogens with zero attached hydrogens (tertiary/aromatic N) is 2. The zero-order valence-electron chi connectivity index (χ0n) is 20.2. The third kappa shape index (κ3) is 5.84. The van der Waals surface area contributed by atoms with E-state index in [0.29, 0.717) is 30.0 Å². The molecule has 2 aromatic rings. The Balaban J connectivity index is 1.69. The van der Waals surface area contributed by atoms with Gasteiger partial charge < -0.3 is 24.4 Å². The lowest BCUT2D eigenvalue weighted by molar-refractivity contribution is -0.130. The molecule has 2 amide bonds. The number of likely N-dealkylation sites (tertiary alicyclic amines) is 1. The van der Waals surface area contributed by atoms with Crippen LogP contribution in [0.2, 0.25) is 0 Å². The molecular weight excluding hydrogens is 438 g/mol. The average Bonchev–Trinajstić information content (AvgIpc) is 3.26. The molecule has 0 radical (unpaired) electrons. The predicted molar refractivity (Wildman–Crippen MR) is 125 cm³/mol. The number of benzene rings is 1. The summed E-state index contributed by atoms with van der Waals surface area (Å²) in [5, 5.41) is 2.50. The monoisotopic (exact) mass is 469 g/mol. The first kappa shape index (κ1) is 25.0. The third-order valence-corrected chi connectivity index (χ3v) is 5.71. The van der Waals surface area contributed by atoms with Crippen LogP contribution < -0.4 is 14.8 Å². The van der Waals surface area contributed by atoms with Gasteiger partial charge >= 0.3 is 5.97 Å². The topological polar surface area (TPSA) is 107 Å². The van der Waals surface area contributed by atoms with Crippen molar-refractivity contribution >= 4 is 17.8 Å². The second kappa shape index (κ2) is 11.0. The van der Waals surface area contributed by atoms with Crippen LogP contribution in [0.15, 0.2) is 36.5 Å². The van der Waals surface area contributed by atoms with E-state index >= 15 is 0 Å². The van der Waals surface area contributed by atoms with Crippen LogP contribution >= 0.6 is 0 Å². The Morgan fingerprint density at radius 3 is 2.53 bits per heavy atom. The van der Waals surface area contributed by atoms with Crippen LogP contribution in [-0.2, 0) is 9.53 Å². The minimum Gasteiger partial charge on any atom is -0.493 e. The number of aromatic nitrogens is 1. The van der Waals surface area contributed by atoms with E-state index in [2.05, 4.69) is 10.3 Å². The fraction of sp³-hybridized carbons (Fsp3) is 0.440. The van der Waals surface area contributed by atoms with E-state index in [1.165, 1.54) is 32.3 Å². The molecule has 0 saturated carbocycles. The van der Waals surface area contributed by atoms with Crippen molar-refractivity contribution in [1.82, 2.24) is 15.2 Å². The first-order valence-electron chi connectivity index (χ1n) is 11.2. The Hall–Kier alpha value is -3.62. The lowest BCUT2D eigenvalue weighted by Crippen LogP contribution is -2.37. The molecule has 0 spiro atoms. The summed E-state index contributed by atoms with van der Waals surface area (Å²) in [6.45, 7) is 5.98. The molecule has 0 bridgehead atoms. The largest absolute Gasteiger partial charge is 0.493 e. The molecular formula is C25H31N3O6. The Labute approximate surface area is 199 Å². The van der Waals surface area contributed by atoms with Crippen LogP contribution in [0, 0.1) is 0 Å². The molecule has 2 heterocycles. The summed E-state index contributed by atoms with van der Waals surface area (Å²) in [6, 6.07) is 8.49. The Bertz CT molecular complexity index is 1040. The van der Waals surface area contributed by atoms with Gasteiger partial charge in [0.05, 0.1) is 24.8 Å². The summed E-state index contributed by atoms with van der Waals surface area (Å²) in [5.74, 6) is 0.404. The third-order valence-electron chi connectivity index (χ3n) is 5.71. The number of rotatable bonds is 8.